The normalized spacial score (nSPS) is 24.1. The minimum absolute atomic E-state index is 0.0157. The summed E-state index contributed by atoms with van der Waals surface area (Å²) in [5.41, 5.74) is 0.280. The van der Waals surface area contributed by atoms with Gasteiger partial charge in [0.05, 0.1) is 5.56 Å². The fourth-order valence-electron chi connectivity index (χ4n) is 2.15. The first-order valence-corrected chi connectivity index (χ1v) is 7.20. The SMILES string of the molecule is CC1CN(C(=O)c2cc(Cl)ccc2O)CCC1Br. The Kier molecular flexibility index (Phi) is 4.17. The number of benzene rings is 1. The maximum atomic E-state index is 12.3. The van der Waals surface area contributed by atoms with Crippen molar-refractivity contribution in [3.05, 3.63) is 28.8 Å². The van der Waals surface area contributed by atoms with Gasteiger partial charge in [0.15, 0.2) is 0 Å². The van der Waals surface area contributed by atoms with Gasteiger partial charge < -0.3 is 10.0 Å². The third-order valence-corrected chi connectivity index (χ3v) is 4.87. The van der Waals surface area contributed by atoms with Gasteiger partial charge in [-0.2, -0.15) is 0 Å². The molecule has 1 aliphatic heterocycles. The largest absolute Gasteiger partial charge is 0.507 e. The number of alkyl halides is 1. The maximum Gasteiger partial charge on any atom is 0.257 e. The molecule has 1 aliphatic rings. The van der Waals surface area contributed by atoms with Crippen LogP contribution >= 0.6 is 27.5 Å². The Morgan fingerprint density at radius 3 is 2.94 bits per heavy atom. The molecule has 1 aromatic rings. The van der Waals surface area contributed by atoms with Crippen LogP contribution in [0.4, 0.5) is 0 Å². The molecule has 1 aromatic carbocycles. The summed E-state index contributed by atoms with van der Waals surface area (Å²) in [6, 6.07) is 4.54. The van der Waals surface area contributed by atoms with Crippen molar-refractivity contribution in [3.8, 4) is 5.75 Å². The van der Waals surface area contributed by atoms with Gasteiger partial charge in [-0.05, 0) is 30.5 Å². The van der Waals surface area contributed by atoms with Crippen LogP contribution < -0.4 is 0 Å². The van der Waals surface area contributed by atoms with Crippen LogP contribution in [0.5, 0.6) is 5.75 Å². The summed E-state index contributed by atoms with van der Waals surface area (Å²) in [6.07, 6.45) is 0.925. The van der Waals surface area contributed by atoms with Crippen LogP contribution in [0.25, 0.3) is 0 Å². The van der Waals surface area contributed by atoms with E-state index in [1.165, 1.54) is 12.1 Å². The monoisotopic (exact) mass is 331 g/mol. The average molecular weight is 333 g/mol. The van der Waals surface area contributed by atoms with Gasteiger partial charge >= 0.3 is 0 Å². The van der Waals surface area contributed by atoms with Crippen LogP contribution in [0.2, 0.25) is 5.02 Å². The lowest BCUT2D eigenvalue weighted by molar-refractivity contribution is 0.0687. The molecular weight excluding hydrogens is 318 g/mol. The zero-order valence-corrected chi connectivity index (χ0v) is 12.4. The van der Waals surface area contributed by atoms with Crippen molar-refractivity contribution >= 4 is 33.4 Å². The van der Waals surface area contributed by atoms with Crippen LogP contribution in [0.3, 0.4) is 0 Å². The van der Waals surface area contributed by atoms with Crippen LogP contribution in [0, 0.1) is 5.92 Å². The Morgan fingerprint density at radius 1 is 1.56 bits per heavy atom. The lowest BCUT2D eigenvalue weighted by atomic mass is 9.99. The highest BCUT2D eigenvalue weighted by atomic mass is 79.9. The fraction of sp³-hybridized carbons (Fsp3) is 0.462. The number of carbonyl (C=O) groups is 1. The van der Waals surface area contributed by atoms with Crippen molar-refractivity contribution in [2.45, 2.75) is 18.2 Å². The molecule has 0 spiro atoms. The topological polar surface area (TPSA) is 40.5 Å². The quantitative estimate of drug-likeness (QED) is 0.802. The Balaban J connectivity index is 2.19. The number of aromatic hydroxyl groups is 1. The van der Waals surface area contributed by atoms with E-state index < -0.39 is 0 Å². The fourth-order valence-corrected chi connectivity index (χ4v) is 2.70. The first-order valence-electron chi connectivity index (χ1n) is 5.91. The number of halogens is 2. The van der Waals surface area contributed by atoms with Crippen molar-refractivity contribution in [2.24, 2.45) is 5.92 Å². The Labute approximate surface area is 120 Å². The van der Waals surface area contributed by atoms with Crippen molar-refractivity contribution in [2.75, 3.05) is 13.1 Å². The van der Waals surface area contributed by atoms with E-state index in [-0.39, 0.29) is 17.2 Å². The summed E-state index contributed by atoms with van der Waals surface area (Å²) in [5, 5.41) is 10.2. The molecule has 2 unspecified atom stereocenters. The maximum absolute atomic E-state index is 12.3. The van der Waals surface area contributed by atoms with Crippen molar-refractivity contribution in [1.29, 1.82) is 0 Å². The molecule has 2 atom stereocenters. The van der Waals surface area contributed by atoms with E-state index in [9.17, 15) is 9.90 Å². The molecular formula is C13H15BrClNO2. The van der Waals surface area contributed by atoms with Gasteiger partial charge in [0.2, 0.25) is 0 Å². The van der Waals surface area contributed by atoms with Gasteiger partial charge in [-0.3, -0.25) is 4.79 Å². The summed E-state index contributed by atoms with van der Waals surface area (Å²) >= 11 is 9.47. The van der Waals surface area contributed by atoms with E-state index >= 15 is 0 Å². The molecule has 1 N–H and O–H groups in total. The van der Waals surface area contributed by atoms with Crippen LogP contribution in [0.15, 0.2) is 18.2 Å². The van der Waals surface area contributed by atoms with Gasteiger partial charge in [-0.15, -0.1) is 0 Å². The molecule has 0 radical (unpaired) electrons. The Hall–Kier alpha value is -0.740. The van der Waals surface area contributed by atoms with Gasteiger partial charge in [-0.25, -0.2) is 0 Å². The number of phenols is 1. The van der Waals surface area contributed by atoms with Gasteiger partial charge in [0.25, 0.3) is 5.91 Å². The molecule has 1 heterocycles. The standard InChI is InChI=1S/C13H15BrClNO2/c1-8-7-16(5-4-11(8)14)13(18)10-6-9(15)2-3-12(10)17/h2-3,6,8,11,17H,4-5,7H2,1H3. The highest BCUT2D eigenvalue weighted by Gasteiger charge is 2.28. The Morgan fingerprint density at radius 2 is 2.28 bits per heavy atom. The molecule has 3 nitrogen and oxygen atoms in total. The molecule has 18 heavy (non-hydrogen) atoms. The highest BCUT2D eigenvalue weighted by molar-refractivity contribution is 9.09. The molecule has 0 aliphatic carbocycles. The van der Waals surface area contributed by atoms with Gasteiger partial charge in [-0.1, -0.05) is 34.5 Å². The van der Waals surface area contributed by atoms with E-state index in [0.29, 0.717) is 28.9 Å². The van der Waals surface area contributed by atoms with E-state index in [1.807, 2.05) is 0 Å². The lowest BCUT2D eigenvalue weighted by Gasteiger charge is -2.34. The van der Waals surface area contributed by atoms with Crippen LogP contribution in [0.1, 0.15) is 23.7 Å². The molecule has 1 saturated heterocycles. The lowest BCUT2D eigenvalue weighted by Crippen LogP contribution is -2.43. The van der Waals surface area contributed by atoms with E-state index in [2.05, 4.69) is 22.9 Å². The van der Waals surface area contributed by atoms with Crippen molar-refractivity contribution in [3.63, 3.8) is 0 Å². The smallest absolute Gasteiger partial charge is 0.257 e. The van der Waals surface area contributed by atoms with Crippen molar-refractivity contribution < 1.29 is 9.90 Å². The first-order chi connectivity index (χ1) is 8.49. The van der Waals surface area contributed by atoms with Crippen LogP contribution in [-0.2, 0) is 0 Å². The van der Waals surface area contributed by atoms with Gasteiger partial charge in [0, 0.05) is 22.9 Å². The molecule has 1 amide bonds. The zero-order chi connectivity index (χ0) is 13.3. The predicted octanol–water partition coefficient (Wildman–Crippen LogP) is 3.29. The average Bonchev–Trinajstić information content (AvgIpc) is 2.35. The molecule has 2 rings (SSSR count). The number of hydrogen-bond acceptors (Lipinski definition) is 2. The van der Waals surface area contributed by atoms with Crippen molar-refractivity contribution in [1.82, 2.24) is 4.90 Å². The molecule has 0 bridgehead atoms. The summed E-state index contributed by atoms with van der Waals surface area (Å²) in [6.45, 7) is 3.50. The minimum atomic E-state index is -0.152. The second-order valence-electron chi connectivity index (χ2n) is 4.69. The van der Waals surface area contributed by atoms with Gasteiger partial charge in [0.1, 0.15) is 5.75 Å². The molecule has 98 valence electrons. The molecule has 0 saturated carbocycles. The zero-order valence-electron chi connectivity index (χ0n) is 10.1. The third kappa shape index (κ3) is 2.81. The van der Waals surface area contributed by atoms with Crippen LogP contribution in [-0.4, -0.2) is 33.8 Å². The second-order valence-corrected chi connectivity index (χ2v) is 6.31. The number of nitrogens with zero attached hydrogens (tertiary/aromatic N) is 1. The second kappa shape index (κ2) is 5.49. The minimum Gasteiger partial charge on any atom is -0.507 e. The summed E-state index contributed by atoms with van der Waals surface area (Å²) in [5.74, 6) is 0.239. The first kappa shape index (κ1) is 13.7. The molecule has 0 aromatic heterocycles. The third-order valence-electron chi connectivity index (χ3n) is 3.28. The predicted molar refractivity (Wildman–Crippen MR) is 75.5 cm³/mol. The number of carbonyl (C=O) groups excluding carboxylic acids is 1. The number of rotatable bonds is 1. The van der Waals surface area contributed by atoms with E-state index in [0.717, 1.165) is 6.42 Å². The molecule has 1 fully saturated rings. The summed E-state index contributed by atoms with van der Waals surface area (Å²) < 4.78 is 0. The Bertz CT molecular complexity index is 466. The van der Waals surface area contributed by atoms with E-state index in [1.54, 1.807) is 11.0 Å². The molecule has 5 heteroatoms. The number of phenolic OH excluding ortho intramolecular Hbond substituents is 1. The number of likely N-dealkylation sites (tertiary alicyclic amines) is 1. The highest BCUT2D eigenvalue weighted by Crippen LogP contribution is 2.27. The number of amides is 1. The number of piperidine rings is 1. The van der Waals surface area contributed by atoms with E-state index in [4.69, 9.17) is 11.6 Å². The summed E-state index contributed by atoms with van der Waals surface area (Å²) in [7, 11) is 0. The summed E-state index contributed by atoms with van der Waals surface area (Å²) in [4.78, 5) is 14.5. The number of hydrogen-bond donors (Lipinski definition) is 1.